The zero-order valence-corrected chi connectivity index (χ0v) is 8.87. The Bertz CT molecular complexity index is 307. The Balaban J connectivity index is 2.17. The molecule has 1 saturated carbocycles. The van der Waals surface area contributed by atoms with Crippen LogP contribution >= 0.6 is 11.6 Å². The van der Waals surface area contributed by atoms with Crippen LogP contribution in [0, 0.1) is 5.92 Å². The highest BCUT2D eigenvalue weighted by Crippen LogP contribution is 2.39. The predicted molar refractivity (Wildman–Crippen MR) is 58.6 cm³/mol. The number of aliphatic hydroxyl groups is 1. The van der Waals surface area contributed by atoms with E-state index in [-0.39, 0.29) is 6.61 Å². The van der Waals surface area contributed by atoms with Crippen molar-refractivity contribution in [1.29, 1.82) is 0 Å². The van der Waals surface area contributed by atoms with Gasteiger partial charge in [-0.15, -0.1) is 0 Å². The molecule has 1 atom stereocenters. The molecule has 2 heteroatoms. The fourth-order valence-electron chi connectivity index (χ4n) is 2.11. The van der Waals surface area contributed by atoms with Gasteiger partial charge in [0.15, 0.2) is 0 Å². The van der Waals surface area contributed by atoms with Gasteiger partial charge in [0.1, 0.15) is 0 Å². The maximum Gasteiger partial charge on any atom is 0.0502 e. The van der Waals surface area contributed by atoms with Crippen LogP contribution < -0.4 is 0 Å². The average molecular weight is 211 g/mol. The zero-order chi connectivity index (χ0) is 9.97. The van der Waals surface area contributed by atoms with E-state index in [0.29, 0.717) is 11.8 Å². The predicted octanol–water partition coefficient (Wildman–Crippen LogP) is 3.22. The summed E-state index contributed by atoms with van der Waals surface area (Å²) < 4.78 is 0. The van der Waals surface area contributed by atoms with Crippen molar-refractivity contribution < 1.29 is 5.11 Å². The Morgan fingerprint density at radius 3 is 2.71 bits per heavy atom. The molecule has 2 rings (SSSR count). The molecule has 0 radical (unpaired) electrons. The lowest BCUT2D eigenvalue weighted by molar-refractivity contribution is 0.173. The number of benzene rings is 1. The van der Waals surface area contributed by atoms with Crippen molar-refractivity contribution in [2.24, 2.45) is 5.92 Å². The molecule has 1 aromatic rings. The molecule has 0 aliphatic heterocycles. The van der Waals surface area contributed by atoms with E-state index in [4.69, 9.17) is 11.6 Å². The molecule has 0 aromatic heterocycles. The fourth-order valence-corrected chi connectivity index (χ4v) is 2.30. The molecule has 1 aliphatic rings. The maximum atomic E-state index is 9.36. The molecule has 14 heavy (non-hydrogen) atoms. The lowest BCUT2D eigenvalue weighted by Crippen LogP contribution is -2.23. The van der Waals surface area contributed by atoms with Crippen molar-refractivity contribution in [2.75, 3.05) is 6.61 Å². The minimum atomic E-state index is 0.241. The van der Waals surface area contributed by atoms with Crippen LogP contribution in [0.1, 0.15) is 30.7 Å². The first kappa shape index (κ1) is 10.0. The Kier molecular flexibility index (Phi) is 3.09. The number of rotatable bonds is 3. The first-order valence-corrected chi connectivity index (χ1v) is 5.55. The quantitative estimate of drug-likeness (QED) is 0.813. The number of halogens is 1. The highest BCUT2D eigenvalue weighted by Gasteiger charge is 2.27. The smallest absolute Gasteiger partial charge is 0.0502 e. The summed E-state index contributed by atoms with van der Waals surface area (Å²) in [6, 6.07) is 7.87. The lowest BCUT2D eigenvalue weighted by atomic mass is 9.73. The van der Waals surface area contributed by atoms with E-state index in [9.17, 15) is 5.11 Å². The van der Waals surface area contributed by atoms with Gasteiger partial charge in [-0.25, -0.2) is 0 Å². The molecule has 1 nitrogen and oxygen atoms in total. The summed E-state index contributed by atoms with van der Waals surface area (Å²) in [5, 5.41) is 10.1. The summed E-state index contributed by atoms with van der Waals surface area (Å²) in [6.07, 6.45) is 3.80. The standard InChI is InChI=1S/C12H15ClO/c13-11-6-2-5-10(7-11)12(8-14)9-3-1-4-9/h2,5-7,9,12,14H,1,3-4,8H2. The van der Waals surface area contributed by atoms with Crippen molar-refractivity contribution in [1.82, 2.24) is 0 Å². The van der Waals surface area contributed by atoms with Gasteiger partial charge in [-0.05, 0) is 36.5 Å². The molecular weight excluding hydrogens is 196 g/mol. The van der Waals surface area contributed by atoms with Crippen LogP contribution in [0.2, 0.25) is 5.02 Å². The number of hydrogen-bond acceptors (Lipinski definition) is 1. The summed E-state index contributed by atoms with van der Waals surface area (Å²) in [4.78, 5) is 0. The van der Waals surface area contributed by atoms with Crippen molar-refractivity contribution >= 4 is 11.6 Å². The van der Waals surface area contributed by atoms with Crippen molar-refractivity contribution in [2.45, 2.75) is 25.2 Å². The molecule has 1 N–H and O–H groups in total. The second kappa shape index (κ2) is 4.33. The van der Waals surface area contributed by atoms with Crippen molar-refractivity contribution in [3.8, 4) is 0 Å². The monoisotopic (exact) mass is 210 g/mol. The largest absolute Gasteiger partial charge is 0.396 e. The lowest BCUT2D eigenvalue weighted by Gasteiger charge is -2.33. The van der Waals surface area contributed by atoms with Crippen molar-refractivity contribution in [3.05, 3.63) is 34.9 Å². The molecule has 1 unspecified atom stereocenters. The summed E-state index contributed by atoms with van der Waals surface area (Å²) in [5.41, 5.74) is 1.18. The third kappa shape index (κ3) is 1.94. The van der Waals surface area contributed by atoms with Crippen LogP contribution in [0.4, 0.5) is 0 Å². The SMILES string of the molecule is OCC(c1cccc(Cl)c1)C1CCC1. The van der Waals surface area contributed by atoms with E-state index in [1.807, 2.05) is 18.2 Å². The van der Waals surface area contributed by atoms with Crippen LogP contribution in [0.5, 0.6) is 0 Å². The topological polar surface area (TPSA) is 20.2 Å². The highest BCUT2D eigenvalue weighted by molar-refractivity contribution is 6.30. The van der Waals surface area contributed by atoms with Gasteiger partial charge in [-0.3, -0.25) is 0 Å². The number of aliphatic hydroxyl groups excluding tert-OH is 1. The van der Waals surface area contributed by atoms with Gasteiger partial charge in [0.2, 0.25) is 0 Å². The minimum Gasteiger partial charge on any atom is -0.396 e. The van der Waals surface area contributed by atoms with E-state index >= 15 is 0 Å². The van der Waals surface area contributed by atoms with E-state index in [1.165, 1.54) is 24.8 Å². The molecule has 0 bridgehead atoms. The van der Waals surface area contributed by atoms with Gasteiger partial charge >= 0.3 is 0 Å². The summed E-state index contributed by atoms with van der Waals surface area (Å²) in [7, 11) is 0. The van der Waals surface area contributed by atoms with Crippen LogP contribution in [0.3, 0.4) is 0 Å². The molecule has 0 spiro atoms. The normalized spacial score (nSPS) is 19.0. The van der Waals surface area contributed by atoms with Gasteiger partial charge in [0.25, 0.3) is 0 Å². The van der Waals surface area contributed by atoms with Gasteiger partial charge < -0.3 is 5.11 Å². The fraction of sp³-hybridized carbons (Fsp3) is 0.500. The summed E-state index contributed by atoms with van der Waals surface area (Å²) in [5.74, 6) is 0.959. The Morgan fingerprint density at radius 1 is 1.43 bits per heavy atom. The third-order valence-corrected chi connectivity index (χ3v) is 3.43. The van der Waals surface area contributed by atoms with Crippen LogP contribution in [-0.4, -0.2) is 11.7 Å². The van der Waals surface area contributed by atoms with Gasteiger partial charge in [-0.2, -0.15) is 0 Å². The molecule has 1 aromatic carbocycles. The second-order valence-electron chi connectivity index (χ2n) is 4.04. The molecule has 0 saturated heterocycles. The van der Waals surface area contributed by atoms with Gasteiger partial charge in [0.05, 0.1) is 6.61 Å². The Hall–Kier alpha value is -0.530. The molecule has 76 valence electrons. The first-order valence-electron chi connectivity index (χ1n) is 5.17. The zero-order valence-electron chi connectivity index (χ0n) is 8.12. The molecule has 0 heterocycles. The van der Waals surface area contributed by atoms with E-state index < -0.39 is 0 Å². The average Bonchev–Trinajstić information content (AvgIpc) is 2.10. The number of hydrogen-bond donors (Lipinski definition) is 1. The van der Waals surface area contributed by atoms with Crippen LogP contribution in [0.25, 0.3) is 0 Å². The minimum absolute atomic E-state index is 0.241. The Morgan fingerprint density at radius 2 is 2.21 bits per heavy atom. The molecule has 1 fully saturated rings. The first-order chi connectivity index (χ1) is 6.81. The molecule has 1 aliphatic carbocycles. The summed E-state index contributed by atoms with van der Waals surface area (Å²) in [6.45, 7) is 0.241. The van der Waals surface area contributed by atoms with E-state index in [1.54, 1.807) is 0 Å². The van der Waals surface area contributed by atoms with Crippen LogP contribution in [-0.2, 0) is 0 Å². The molecule has 0 amide bonds. The van der Waals surface area contributed by atoms with E-state index in [0.717, 1.165) is 5.02 Å². The highest BCUT2D eigenvalue weighted by atomic mass is 35.5. The van der Waals surface area contributed by atoms with E-state index in [2.05, 4.69) is 6.07 Å². The molecular formula is C12H15ClO. The Labute approximate surface area is 89.7 Å². The van der Waals surface area contributed by atoms with Crippen molar-refractivity contribution in [3.63, 3.8) is 0 Å². The summed E-state index contributed by atoms with van der Waals surface area (Å²) >= 11 is 5.93. The maximum absolute atomic E-state index is 9.36. The van der Waals surface area contributed by atoms with Crippen LogP contribution in [0.15, 0.2) is 24.3 Å². The second-order valence-corrected chi connectivity index (χ2v) is 4.47. The third-order valence-electron chi connectivity index (χ3n) is 3.19. The van der Waals surface area contributed by atoms with Gasteiger partial charge in [0, 0.05) is 10.9 Å². The van der Waals surface area contributed by atoms with Gasteiger partial charge in [-0.1, -0.05) is 30.2 Å².